The standard InChI is InChI=1S/C24H21ClFNO3S/c1-2-29-22-13-17(5-12-21(22)30-14-16-3-8-19(26)9-4-16)24-27(23(28)15-31-24)20-10-6-18(25)7-11-20/h3-13,24H,2,14-15H2,1H3/t24-/m1/s1. The van der Waals surface area contributed by atoms with Gasteiger partial charge in [-0.05, 0) is 66.6 Å². The van der Waals surface area contributed by atoms with E-state index >= 15 is 0 Å². The summed E-state index contributed by atoms with van der Waals surface area (Å²) in [5.41, 5.74) is 2.61. The van der Waals surface area contributed by atoms with Crippen LogP contribution in [-0.4, -0.2) is 18.3 Å². The number of anilines is 1. The quantitative estimate of drug-likeness (QED) is 0.421. The van der Waals surface area contributed by atoms with E-state index in [2.05, 4.69) is 0 Å². The van der Waals surface area contributed by atoms with Crippen molar-refractivity contribution in [1.29, 1.82) is 0 Å². The van der Waals surface area contributed by atoms with Crippen LogP contribution in [0.2, 0.25) is 5.02 Å². The molecule has 1 fully saturated rings. The smallest absolute Gasteiger partial charge is 0.238 e. The first kappa shape index (κ1) is 21.5. The van der Waals surface area contributed by atoms with Crippen molar-refractivity contribution >= 4 is 35.0 Å². The van der Waals surface area contributed by atoms with Gasteiger partial charge in [0.15, 0.2) is 11.5 Å². The predicted octanol–water partition coefficient (Wildman–Crippen LogP) is 6.24. The topological polar surface area (TPSA) is 38.8 Å². The Morgan fingerprint density at radius 1 is 1.03 bits per heavy atom. The highest BCUT2D eigenvalue weighted by Gasteiger charge is 2.34. The first-order valence-corrected chi connectivity index (χ1v) is 11.3. The van der Waals surface area contributed by atoms with Crippen LogP contribution in [0.1, 0.15) is 23.4 Å². The molecular formula is C24H21ClFNO3S. The van der Waals surface area contributed by atoms with Gasteiger partial charge in [-0.15, -0.1) is 11.8 Å². The van der Waals surface area contributed by atoms with Crippen molar-refractivity contribution in [3.8, 4) is 11.5 Å². The van der Waals surface area contributed by atoms with Crippen molar-refractivity contribution < 1.29 is 18.7 Å². The zero-order valence-corrected chi connectivity index (χ0v) is 18.5. The maximum Gasteiger partial charge on any atom is 0.238 e. The lowest BCUT2D eigenvalue weighted by molar-refractivity contribution is -0.115. The van der Waals surface area contributed by atoms with E-state index in [-0.39, 0.29) is 17.1 Å². The molecule has 1 aliphatic rings. The second-order valence-corrected chi connectivity index (χ2v) is 8.46. The average molecular weight is 458 g/mol. The minimum absolute atomic E-state index is 0.0481. The molecule has 3 aromatic rings. The molecular weight excluding hydrogens is 437 g/mol. The van der Waals surface area contributed by atoms with Gasteiger partial charge in [-0.2, -0.15) is 0 Å². The molecule has 0 radical (unpaired) electrons. The van der Waals surface area contributed by atoms with E-state index in [9.17, 15) is 9.18 Å². The first-order chi connectivity index (χ1) is 15.0. The third-order valence-electron chi connectivity index (χ3n) is 4.83. The Kier molecular flexibility index (Phi) is 6.68. The highest BCUT2D eigenvalue weighted by Crippen LogP contribution is 2.44. The fourth-order valence-corrected chi connectivity index (χ4v) is 4.65. The van der Waals surface area contributed by atoms with Gasteiger partial charge in [0.25, 0.3) is 0 Å². The van der Waals surface area contributed by atoms with E-state index < -0.39 is 0 Å². The lowest BCUT2D eigenvalue weighted by Gasteiger charge is -2.25. The number of benzene rings is 3. The monoisotopic (exact) mass is 457 g/mol. The highest BCUT2D eigenvalue weighted by molar-refractivity contribution is 8.00. The summed E-state index contributed by atoms with van der Waals surface area (Å²) in [7, 11) is 0. The van der Waals surface area contributed by atoms with Crippen molar-refractivity contribution in [3.63, 3.8) is 0 Å². The van der Waals surface area contributed by atoms with Crippen LogP contribution in [0, 0.1) is 5.82 Å². The third-order valence-corrected chi connectivity index (χ3v) is 6.30. The second-order valence-electron chi connectivity index (χ2n) is 6.96. The van der Waals surface area contributed by atoms with Gasteiger partial charge in [0.05, 0.1) is 12.4 Å². The summed E-state index contributed by atoms with van der Waals surface area (Å²) >= 11 is 7.57. The zero-order valence-electron chi connectivity index (χ0n) is 16.9. The summed E-state index contributed by atoms with van der Waals surface area (Å²) in [5.74, 6) is 1.38. The molecule has 1 heterocycles. The lowest BCUT2D eigenvalue weighted by Crippen LogP contribution is -2.27. The Balaban J connectivity index is 1.58. The van der Waals surface area contributed by atoms with E-state index in [1.807, 2.05) is 37.3 Å². The number of hydrogen-bond donors (Lipinski definition) is 0. The summed E-state index contributed by atoms with van der Waals surface area (Å²) in [6.45, 7) is 2.69. The van der Waals surface area contributed by atoms with Crippen LogP contribution in [0.5, 0.6) is 11.5 Å². The van der Waals surface area contributed by atoms with E-state index in [1.54, 1.807) is 40.9 Å². The SMILES string of the molecule is CCOc1cc([C@H]2SCC(=O)N2c2ccc(Cl)cc2)ccc1OCc1ccc(F)cc1. The molecule has 0 saturated carbocycles. The van der Waals surface area contributed by atoms with Crippen molar-refractivity contribution in [1.82, 2.24) is 0 Å². The molecule has 3 aromatic carbocycles. The highest BCUT2D eigenvalue weighted by atomic mass is 35.5. The number of carbonyl (C=O) groups excluding carboxylic acids is 1. The molecule has 0 aliphatic carbocycles. The first-order valence-electron chi connectivity index (χ1n) is 9.88. The van der Waals surface area contributed by atoms with Crippen LogP contribution in [-0.2, 0) is 11.4 Å². The third kappa shape index (κ3) is 4.97. The Bertz CT molecular complexity index is 1060. The van der Waals surface area contributed by atoms with Gasteiger partial charge in [0, 0.05) is 10.7 Å². The number of ether oxygens (including phenoxy) is 2. The van der Waals surface area contributed by atoms with E-state index in [0.717, 1.165) is 16.8 Å². The van der Waals surface area contributed by atoms with Gasteiger partial charge in [-0.3, -0.25) is 9.69 Å². The molecule has 4 nitrogen and oxygen atoms in total. The molecule has 1 saturated heterocycles. The molecule has 0 unspecified atom stereocenters. The number of halogens is 2. The molecule has 31 heavy (non-hydrogen) atoms. The minimum atomic E-state index is -0.281. The molecule has 0 N–H and O–H groups in total. The number of thioether (sulfide) groups is 1. The Hall–Kier alpha value is -2.70. The molecule has 0 bridgehead atoms. The van der Waals surface area contributed by atoms with Gasteiger partial charge in [-0.1, -0.05) is 29.8 Å². The summed E-state index contributed by atoms with van der Waals surface area (Å²) < 4.78 is 24.9. The Labute approximate surface area is 189 Å². The van der Waals surface area contributed by atoms with Crippen molar-refractivity contribution in [2.24, 2.45) is 0 Å². The molecule has 4 rings (SSSR count). The number of hydrogen-bond acceptors (Lipinski definition) is 4. The van der Waals surface area contributed by atoms with E-state index in [0.29, 0.717) is 35.5 Å². The van der Waals surface area contributed by atoms with Crippen LogP contribution in [0.15, 0.2) is 66.7 Å². The second kappa shape index (κ2) is 9.62. The molecule has 1 aliphatic heterocycles. The molecule has 7 heteroatoms. The minimum Gasteiger partial charge on any atom is -0.490 e. The van der Waals surface area contributed by atoms with Gasteiger partial charge in [-0.25, -0.2) is 4.39 Å². The Morgan fingerprint density at radius 2 is 1.77 bits per heavy atom. The average Bonchev–Trinajstić information content (AvgIpc) is 3.16. The summed E-state index contributed by atoms with van der Waals surface area (Å²) in [5, 5.41) is 0.458. The van der Waals surface area contributed by atoms with Crippen LogP contribution in [0.4, 0.5) is 10.1 Å². The maximum atomic E-state index is 13.1. The predicted molar refractivity (Wildman–Crippen MR) is 122 cm³/mol. The normalized spacial score (nSPS) is 15.9. The maximum absolute atomic E-state index is 13.1. The summed E-state index contributed by atoms with van der Waals surface area (Å²) in [4.78, 5) is 14.4. The van der Waals surface area contributed by atoms with Crippen LogP contribution in [0.25, 0.3) is 0 Å². The number of amides is 1. The number of nitrogens with zero attached hydrogens (tertiary/aromatic N) is 1. The fraction of sp³-hybridized carbons (Fsp3) is 0.208. The van der Waals surface area contributed by atoms with E-state index in [1.165, 1.54) is 12.1 Å². The lowest BCUT2D eigenvalue weighted by atomic mass is 10.1. The molecule has 0 spiro atoms. The number of carbonyl (C=O) groups is 1. The molecule has 0 aromatic heterocycles. The van der Waals surface area contributed by atoms with Crippen LogP contribution >= 0.6 is 23.4 Å². The summed E-state index contributed by atoms with van der Waals surface area (Å²) in [6.07, 6.45) is 0. The van der Waals surface area contributed by atoms with Gasteiger partial charge in [0.2, 0.25) is 5.91 Å². The fourth-order valence-electron chi connectivity index (χ4n) is 3.36. The molecule has 160 valence electrons. The van der Waals surface area contributed by atoms with Gasteiger partial charge < -0.3 is 9.47 Å². The number of rotatable bonds is 7. The van der Waals surface area contributed by atoms with E-state index in [4.69, 9.17) is 21.1 Å². The summed E-state index contributed by atoms with van der Waals surface area (Å²) in [6, 6.07) is 19.2. The van der Waals surface area contributed by atoms with Crippen molar-refractivity contribution in [3.05, 3.63) is 88.7 Å². The van der Waals surface area contributed by atoms with Gasteiger partial charge in [0.1, 0.15) is 17.8 Å². The van der Waals surface area contributed by atoms with Gasteiger partial charge >= 0.3 is 0 Å². The molecule has 1 amide bonds. The zero-order chi connectivity index (χ0) is 21.8. The molecule has 1 atom stereocenters. The van der Waals surface area contributed by atoms with Crippen LogP contribution < -0.4 is 14.4 Å². The Morgan fingerprint density at radius 3 is 2.48 bits per heavy atom. The van der Waals surface area contributed by atoms with Crippen molar-refractivity contribution in [2.45, 2.75) is 18.9 Å². The largest absolute Gasteiger partial charge is 0.490 e. The van der Waals surface area contributed by atoms with Crippen molar-refractivity contribution in [2.75, 3.05) is 17.3 Å². The van der Waals surface area contributed by atoms with Crippen LogP contribution in [0.3, 0.4) is 0 Å².